The van der Waals surface area contributed by atoms with Crippen LogP contribution >= 0.6 is 0 Å². The predicted molar refractivity (Wildman–Crippen MR) is 61.3 cm³/mol. The summed E-state index contributed by atoms with van der Waals surface area (Å²) in [5.41, 5.74) is 1.01. The minimum absolute atomic E-state index is 0.464. The Kier molecular flexibility index (Phi) is 2.42. The average molecular weight is 195 g/mol. The van der Waals surface area contributed by atoms with E-state index >= 15 is 0 Å². The quantitative estimate of drug-likeness (QED) is 0.654. The van der Waals surface area contributed by atoms with Crippen molar-refractivity contribution in [2.24, 2.45) is 16.7 Å². The molecule has 2 rings (SSSR count). The largest absolute Gasteiger partial charge is 0.302 e. The van der Waals surface area contributed by atoms with Crippen LogP contribution in [0.2, 0.25) is 0 Å². The highest BCUT2D eigenvalue weighted by Gasteiger charge is 2.43. The topological polar surface area (TPSA) is 3.24 Å². The Hall–Kier alpha value is -0.0400. The fourth-order valence-corrected chi connectivity index (χ4v) is 2.49. The highest BCUT2D eigenvalue weighted by molar-refractivity contribution is 4.95. The van der Waals surface area contributed by atoms with Crippen molar-refractivity contribution in [3.63, 3.8) is 0 Å². The van der Waals surface area contributed by atoms with E-state index in [1.807, 2.05) is 0 Å². The normalized spacial score (nSPS) is 35.1. The molecule has 0 radical (unpaired) electrons. The molecule has 0 amide bonds. The number of likely N-dealkylation sites (tertiary alicyclic amines) is 1. The van der Waals surface area contributed by atoms with Gasteiger partial charge in [-0.1, -0.05) is 27.7 Å². The van der Waals surface area contributed by atoms with Gasteiger partial charge in [0.1, 0.15) is 0 Å². The Balaban J connectivity index is 1.91. The SMILES string of the molecule is CC(C)(C)C1(C)CCN(CC2CC2)C1. The van der Waals surface area contributed by atoms with Crippen molar-refractivity contribution in [3.05, 3.63) is 0 Å². The van der Waals surface area contributed by atoms with Crippen LogP contribution in [0.5, 0.6) is 0 Å². The molecule has 1 atom stereocenters. The van der Waals surface area contributed by atoms with Crippen LogP contribution in [0.1, 0.15) is 47.0 Å². The molecule has 1 nitrogen and oxygen atoms in total. The van der Waals surface area contributed by atoms with E-state index in [0.29, 0.717) is 10.8 Å². The van der Waals surface area contributed by atoms with Crippen molar-refractivity contribution in [1.82, 2.24) is 4.90 Å². The highest BCUT2D eigenvalue weighted by atomic mass is 15.2. The molecule has 1 unspecified atom stereocenters. The summed E-state index contributed by atoms with van der Waals surface area (Å²) in [6.45, 7) is 13.7. The van der Waals surface area contributed by atoms with Gasteiger partial charge in [-0.15, -0.1) is 0 Å². The van der Waals surface area contributed by atoms with Crippen LogP contribution < -0.4 is 0 Å². The van der Waals surface area contributed by atoms with Crippen LogP contribution in [0.25, 0.3) is 0 Å². The fraction of sp³-hybridized carbons (Fsp3) is 1.00. The maximum atomic E-state index is 2.70. The smallest absolute Gasteiger partial charge is 0.00409 e. The van der Waals surface area contributed by atoms with Crippen LogP contribution in [0.3, 0.4) is 0 Å². The molecule has 82 valence electrons. The van der Waals surface area contributed by atoms with Crippen molar-refractivity contribution in [2.75, 3.05) is 19.6 Å². The first-order chi connectivity index (χ1) is 6.41. The molecule has 2 fully saturated rings. The Labute approximate surface area is 88.9 Å². The van der Waals surface area contributed by atoms with Crippen molar-refractivity contribution < 1.29 is 0 Å². The Bertz CT molecular complexity index is 212. The summed E-state index contributed by atoms with van der Waals surface area (Å²) < 4.78 is 0. The second-order valence-electron chi connectivity index (χ2n) is 6.74. The molecule has 2 aliphatic rings. The molecule has 1 saturated heterocycles. The zero-order valence-electron chi connectivity index (χ0n) is 10.3. The molecule has 14 heavy (non-hydrogen) atoms. The van der Waals surface area contributed by atoms with Gasteiger partial charge in [0, 0.05) is 13.1 Å². The molecule has 0 spiro atoms. The lowest BCUT2D eigenvalue weighted by atomic mass is 9.67. The summed E-state index contributed by atoms with van der Waals surface area (Å²) in [5.74, 6) is 1.05. The second kappa shape index (κ2) is 3.23. The minimum Gasteiger partial charge on any atom is -0.302 e. The molecule has 1 heteroatoms. The van der Waals surface area contributed by atoms with Crippen LogP contribution in [-0.4, -0.2) is 24.5 Å². The summed E-state index contributed by atoms with van der Waals surface area (Å²) >= 11 is 0. The summed E-state index contributed by atoms with van der Waals surface area (Å²) in [6, 6.07) is 0. The summed E-state index contributed by atoms with van der Waals surface area (Å²) in [7, 11) is 0. The maximum Gasteiger partial charge on any atom is 0.00409 e. The number of hydrogen-bond donors (Lipinski definition) is 0. The van der Waals surface area contributed by atoms with Crippen molar-refractivity contribution in [3.8, 4) is 0 Å². The van der Waals surface area contributed by atoms with Crippen molar-refractivity contribution in [1.29, 1.82) is 0 Å². The number of nitrogens with zero attached hydrogens (tertiary/aromatic N) is 1. The van der Waals surface area contributed by atoms with Gasteiger partial charge in [-0.3, -0.25) is 0 Å². The van der Waals surface area contributed by atoms with Gasteiger partial charge in [-0.05, 0) is 42.6 Å². The average Bonchev–Trinajstić information content (AvgIpc) is 2.74. The molecular weight excluding hydrogens is 170 g/mol. The standard InChI is InChI=1S/C13H25N/c1-12(2,3)13(4)7-8-14(10-13)9-11-5-6-11/h11H,5-10H2,1-4H3. The summed E-state index contributed by atoms with van der Waals surface area (Å²) in [4.78, 5) is 2.70. The summed E-state index contributed by atoms with van der Waals surface area (Å²) in [6.07, 6.45) is 4.37. The zero-order valence-corrected chi connectivity index (χ0v) is 10.3. The zero-order chi connectivity index (χ0) is 10.4. The number of rotatable bonds is 2. The van der Waals surface area contributed by atoms with E-state index in [-0.39, 0.29) is 0 Å². The highest BCUT2D eigenvalue weighted by Crippen LogP contribution is 2.46. The fourth-order valence-electron chi connectivity index (χ4n) is 2.49. The molecule has 0 aromatic rings. The van der Waals surface area contributed by atoms with Gasteiger partial charge in [-0.2, -0.15) is 0 Å². The lowest BCUT2D eigenvalue weighted by Crippen LogP contribution is -2.36. The van der Waals surface area contributed by atoms with Gasteiger partial charge >= 0.3 is 0 Å². The Morgan fingerprint density at radius 2 is 1.93 bits per heavy atom. The third-order valence-electron chi connectivity index (χ3n) is 4.58. The first-order valence-electron chi connectivity index (χ1n) is 6.13. The lowest BCUT2D eigenvalue weighted by Gasteiger charge is -2.38. The van der Waals surface area contributed by atoms with Crippen LogP contribution in [0.4, 0.5) is 0 Å². The van der Waals surface area contributed by atoms with E-state index in [4.69, 9.17) is 0 Å². The molecular formula is C13H25N. The van der Waals surface area contributed by atoms with Crippen molar-refractivity contribution in [2.45, 2.75) is 47.0 Å². The molecule has 1 aliphatic heterocycles. The van der Waals surface area contributed by atoms with Gasteiger partial charge in [-0.25, -0.2) is 0 Å². The second-order valence-corrected chi connectivity index (χ2v) is 6.74. The van der Waals surface area contributed by atoms with E-state index in [1.54, 1.807) is 0 Å². The van der Waals surface area contributed by atoms with Crippen LogP contribution in [0, 0.1) is 16.7 Å². The molecule has 0 bridgehead atoms. The van der Waals surface area contributed by atoms with E-state index < -0.39 is 0 Å². The first kappa shape index (κ1) is 10.5. The Morgan fingerprint density at radius 1 is 1.29 bits per heavy atom. The van der Waals surface area contributed by atoms with E-state index in [0.717, 1.165) is 5.92 Å². The van der Waals surface area contributed by atoms with E-state index in [2.05, 4.69) is 32.6 Å². The molecule has 0 aromatic heterocycles. The predicted octanol–water partition coefficient (Wildman–Crippen LogP) is 3.15. The van der Waals surface area contributed by atoms with Crippen LogP contribution in [0.15, 0.2) is 0 Å². The minimum atomic E-state index is 0.464. The first-order valence-corrected chi connectivity index (χ1v) is 6.13. The van der Waals surface area contributed by atoms with Gasteiger partial charge in [0.25, 0.3) is 0 Å². The summed E-state index contributed by atoms with van der Waals surface area (Å²) in [5, 5.41) is 0. The van der Waals surface area contributed by atoms with E-state index in [9.17, 15) is 0 Å². The Morgan fingerprint density at radius 3 is 2.36 bits per heavy atom. The van der Waals surface area contributed by atoms with Gasteiger partial charge in [0.2, 0.25) is 0 Å². The molecule has 0 aromatic carbocycles. The van der Waals surface area contributed by atoms with E-state index in [1.165, 1.54) is 38.9 Å². The van der Waals surface area contributed by atoms with Gasteiger partial charge in [0.05, 0.1) is 0 Å². The lowest BCUT2D eigenvalue weighted by molar-refractivity contribution is 0.114. The molecule has 1 heterocycles. The van der Waals surface area contributed by atoms with Gasteiger partial charge < -0.3 is 4.90 Å². The maximum absolute atomic E-state index is 2.70. The molecule has 1 saturated carbocycles. The molecule has 0 N–H and O–H groups in total. The third-order valence-corrected chi connectivity index (χ3v) is 4.58. The van der Waals surface area contributed by atoms with Crippen molar-refractivity contribution >= 4 is 0 Å². The third kappa shape index (κ3) is 1.98. The number of hydrogen-bond acceptors (Lipinski definition) is 1. The van der Waals surface area contributed by atoms with Gasteiger partial charge in [0.15, 0.2) is 0 Å². The van der Waals surface area contributed by atoms with Crippen LogP contribution in [-0.2, 0) is 0 Å². The molecule has 1 aliphatic carbocycles. The monoisotopic (exact) mass is 195 g/mol.